The van der Waals surface area contributed by atoms with Crippen molar-refractivity contribution in [2.24, 2.45) is 0 Å². The summed E-state index contributed by atoms with van der Waals surface area (Å²) >= 11 is 0. The van der Waals surface area contributed by atoms with Crippen molar-refractivity contribution >= 4 is 64.2 Å². The Kier molecular flexibility index (Phi) is 12.6. The van der Waals surface area contributed by atoms with Gasteiger partial charge in [-0.05, 0) is 95.6 Å². The quantitative estimate of drug-likeness (QED) is 0.113. The van der Waals surface area contributed by atoms with Crippen molar-refractivity contribution in [1.82, 2.24) is 19.9 Å². The number of amides is 2. The van der Waals surface area contributed by atoms with E-state index in [0.29, 0.717) is 56.6 Å². The molecule has 61 heavy (non-hydrogen) atoms. The number of nitrogens with one attached hydrogen (secondary N) is 1. The zero-order chi connectivity index (χ0) is 45.1. The first kappa shape index (κ1) is 45.7. The Morgan fingerprint density at radius 2 is 1.57 bits per heavy atom. The molecule has 15 heteroatoms. The van der Waals surface area contributed by atoms with E-state index in [1.807, 2.05) is 63.8 Å². The highest BCUT2D eigenvalue weighted by Crippen LogP contribution is 2.45. The Bertz CT molecular complexity index is 2450. The Balaban J connectivity index is 1.63. The van der Waals surface area contributed by atoms with Gasteiger partial charge in [0.1, 0.15) is 47.8 Å². The zero-order valence-corrected chi connectivity index (χ0v) is 40.1. The number of carbonyl (C=O) groups excluding carboxylic acids is 2. The summed E-state index contributed by atoms with van der Waals surface area (Å²) in [4.78, 5) is 44.6. The molecule has 4 atom stereocenters. The molecule has 0 spiro atoms. The molecule has 2 aromatic heterocycles. The largest absolute Gasteiger partial charge is 0.472 e. The summed E-state index contributed by atoms with van der Waals surface area (Å²) in [5, 5.41) is 4.34. The predicted octanol–water partition coefficient (Wildman–Crippen LogP) is 10.2. The standard InChI is InChI=1S/C46H61FN6O6SSi/c1-25(2)61(26(3)4,27(5)6)20-19-30-17-16-18-31-21-32(48-43(54)58-45(9,10)11)22-33(35(30)31)38-37(47)39-36-40(51-42(50-39)60(15)56)53-23-28(7)52(44(55)59-46(12,13)14)24-34(53)29(8)57-41(36)49-38/h16-18,21-22,25-29,34H,23-24H2,1-15H3,(H,48,54)/t28-,29+,34+,60?/m1/s1. The average Bonchev–Trinajstić information content (AvgIpc) is 3.23. The third kappa shape index (κ3) is 9.07. The van der Waals surface area contributed by atoms with E-state index in [1.54, 1.807) is 31.7 Å². The van der Waals surface area contributed by atoms with Gasteiger partial charge in [-0.1, -0.05) is 59.6 Å². The van der Waals surface area contributed by atoms with E-state index in [1.165, 1.54) is 6.26 Å². The minimum Gasteiger partial charge on any atom is -0.472 e. The fraction of sp³-hybridized carbons (Fsp3) is 0.543. The van der Waals surface area contributed by atoms with Crippen molar-refractivity contribution in [1.29, 1.82) is 0 Å². The van der Waals surface area contributed by atoms with Crippen LogP contribution in [-0.4, -0.2) is 93.1 Å². The summed E-state index contributed by atoms with van der Waals surface area (Å²) in [5.41, 5.74) is 4.66. The lowest BCUT2D eigenvalue weighted by atomic mass is 9.95. The maximum atomic E-state index is 17.8. The van der Waals surface area contributed by atoms with Crippen LogP contribution in [-0.2, 0) is 20.3 Å². The number of anilines is 2. The SMILES string of the molecule is CC(C)[Si](C#Cc1cccc2cc(NC(=O)OC(C)(C)C)cc(-c3nc4c5c(nc(S(C)=O)nc5c3F)N3C[C@@H](C)N(C(=O)OC(C)(C)C)C[C@H]3[C@H](C)O4)c12)(C(C)C)C(C)C. The van der Waals surface area contributed by atoms with Crippen LogP contribution in [0.3, 0.4) is 0 Å². The van der Waals surface area contributed by atoms with Crippen molar-refractivity contribution in [3.63, 3.8) is 0 Å². The minimum absolute atomic E-state index is 0.0610. The van der Waals surface area contributed by atoms with Gasteiger partial charge >= 0.3 is 12.2 Å². The number of benzene rings is 2. The lowest BCUT2D eigenvalue weighted by Crippen LogP contribution is -2.63. The van der Waals surface area contributed by atoms with Gasteiger partial charge in [-0.25, -0.2) is 28.9 Å². The minimum atomic E-state index is -2.21. The Labute approximate surface area is 363 Å². The highest BCUT2D eigenvalue weighted by molar-refractivity contribution is 7.84. The molecule has 1 fully saturated rings. The second-order valence-corrected chi connectivity index (χ2v) is 26.2. The van der Waals surface area contributed by atoms with Crippen LogP contribution < -0.4 is 15.0 Å². The number of nitrogens with zero attached hydrogens (tertiary/aromatic N) is 5. The topological polar surface area (TPSA) is 136 Å². The molecule has 0 bridgehead atoms. The molecule has 12 nitrogen and oxygen atoms in total. The van der Waals surface area contributed by atoms with E-state index >= 15 is 4.39 Å². The van der Waals surface area contributed by atoms with Gasteiger partial charge in [-0.2, -0.15) is 0 Å². The Morgan fingerprint density at radius 3 is 2.16 bits per heavy atom. The molecule has 2 aliphatic heterocycles. The molecule has 0 saturated carbocycles. The molecule has 1 unspecified atom stereocenters. The second-order valence-electron chi connectivity index (χ2n) is 19.3. The number of halogens is 1. The molecule has 328 valence electrons. The number of hydrogen-bond donors (Lipinski definition) is 1. The van der Waals surface area contributed by atoms with Crippen molar-refractivity contribution < 1.29 is 32.4 Å². The summed E-state index contributed by atoms with van der Waals surface area (Å²) in [6, 6.07) is 8.42. The number of rotatable bonds is 6. The first-order chi connectivity index (χ1) is 28.3. The first-order valence-electron chi connectivity index (χ1n) is 21.1. The van der Waals surface area contributed by atoms with Crippen LogP contribution in [0.2, 0.25) is 16.6 Å². The molecular weight excluding hydrogens is 812 g/mol. The molecule has 1 saturated heterocycles. The molecule has 2 aliphatic rings. The number of fused-ring (bicyclic) bond motifs is 3. The molecular formula is C46H61FN6O6SSi. The van der Waals surface area contributed by atoms with E-state index in [2.05, 4.69) is 63.3 Å². The third-order valence-corrected chi connectivity index (χ3v) is 18.6. The first-order valence-corrected chi connectivity index (χ1v) is 24.9. The molecule has 6 rings (SSSR count). The van der Waals surface area contributed by atoms with E-state index in [0.717, 1.165) is 0 Å². The van der Waals surface area contributed by atoms with Crippen LogP contribution in [0.5, 0.6) is 5.88 Å². The molecule has 0 aliphatic carbocycles. The summed E-state index contributed by atoms with van der Waals surface area (Å²) < 4.78 is 49.1. The number of hydrogen-bond acceptors (Lipinski definition) is 10. The average molecular weight is 873 g/mol. The van der Waals surface area contributed by atoms with Gasteiger partial charge in [0.2, 0.25) is 11.0 Å². The van der Waals surface area contributed by atoms with Crippen molar-refractivity contribution in [2.45, 2.75) is 148 Å². The van der Waals surface area contributed by atoms with Crippen molar-refractivity contribution in [3.05, 3.63) is 41.7 Å². The van der Waals surface area contributed by atoms with Crippen LogP contribution in [0, 0.1) is 17.3 Å². The van der Waals surface area contributed by atoms with Crippen LogP contribution in [0.25, 0.3) is 32.9 Å². The Hall–Kier alpha value is -4.81. The molecule has 4 heterocycles. The summed E-state index contributed by atoms with van der Waals surface area (Å²) in [6.07, 6.45) is -0.269. The highest BCUT2D eigenvalue weighted by atomic mass is 32.2. The number of carbonyl (C=O) groups is 2. The fourth-order valence-electron chi connectivity index (χ4n) is 9.00. The van der Waals surface area contributed by atoms with Gasteiger partial charge in [-0.15, -0.1) is 5.54 Å². The summed E-state index contributed by atoms with van der Waals surface area (Å²) in [6.45, 7) is 28.6. The predicted molar refractivity (Wildman–Crippen MR) is 244 cm³/mol. The normalized spacial score (nSPS) is 18.7. The van der Waals surface area contributed by atoms with E-state index in [4.69, 9.17) is 24.2 Å². The van der Waals surface area contributed by atoms with Gasteiger partial charge in [-0.3, -0.25) is 9.53 Å². The van der Waals surface area contributed by atoms with E-state index < -0.39 is 60.2 Å². The van der Waals surface area contributed by atoms with Crippen LogP contribution in [0.1, 0.15) is 102 Å². The molecule has 2 amide bonds. The van der Waals surface area contributed by atoms with Crippen LogP contribution in [0.15, 0.2) is 35.5 Å². The fourth-order valence-corrected chi connectivity index (χ4v) is 14.7. The van der Waals surface area contributed by atoms with Crippen LogP contribution in [0.4, 0.5) is 25.5 Å². The Morgan fingerprint density at radius 1 is 0.934 bits per heavy atom. The zero-order valence-electron chi connectivity index (χ0n) is 38.2. The summed E-state index contributed by atoms with van der Waals surface area (Å²) in [5.74, 6) is 3.22. The van der Waals surface area contributed by atoms with Gasteiger partial charge in [0.25, 0.3) is 0 Å². The molecule has 0 radical (unpaired) electrons. The number of pyridine rings is 1. The van der Waals surface area contributed by atoms with E-state index in [-0.39, 0.29) is 40.2 Å². The molecule has 1 N–H and O–H groups in total. The second kappa shape index (κ2) is 16.8. The summed E-state index contributed by atoms with van der Waals surface area (Å²) in [7, 11) is -3.92. The monoisotopic (exact) mass is 872 g/mol. The van der Waals surface area contributed by atoms with Gasteiger partial charge in [0.05, 0.1) is 16.8 Å². The molecule has 2 aromatic carbocycles. The smallest absolute Gasteiger partial charge is 0.412 e. The number of piperazine rings is 1. The molecule has 4 aromatic rings. The third-order valence-electron chi connectivity index (χ3n) is 11.6. The van der Waals surface area contributed by atoms with Crippen molar-refractivity contribution in [2.75, 3.05) is 29.6 Å². The highest BCUT2D eigenvalue weighted by Gasteiger charge is 2.44. The van der Waals surface area contributed by atoms with Gasteiger partial charge in [0.15, 0.2) is 5.82 Å². The van der Waals surface area contributed by atoms with Gasteiger partial charge < -0.3 is 24.0 Å². The number of aromatic nitrogens is 3. The number of ether oxygens (including phenoxy) is 3. The maximum Gasteiger partial charge on any atom is 0.412 e. The van der Waals surface area contributed by atoms with Crippen molar-refractivity contribution in [3.8, 4) is 28.6 Å². The van der Waals surface area contributed by atoms with E-state index in [9.17, 15) is 13.8 Å². The van der Waals surface area contributed by atoms with Crippen LogP contribution >= 0.6 is 0 Å². The maximum absolute atomic E-state index is 17.8. The lowest BCUT2D eigenvalue weighted by Gasteiger charge is -2.46. The van der Waals surface area contributed by atoms with Gasteiger partial charge in [0, 0.05) is 47.6 Å². The lowest BCUT2D eigenvalue weighted by molar-refractivity contribution is 0.00761.